The van der Waals surface area contributed by atoms with E-state index in [-0.39, 0.29) is 5.91 Å². The summed E-state index contributed by atoms with van der Waals surface area (Å²) in [6.07, 6.45) is 7.53. The van der Waals surface area contributed by atoms with E-state index in [1.54, 1.807) is 6.20 Å². The van der Waals surface area contributed by atoms with E-state index in [1.807, 2.05) is 79.9 Å². The summed E-state index contributed by atoms with van der Waals surface area (Å²) in [7, 11) is 0. The van der Waals surface area contributed by atoms with E-state index in [1.165, 1.54) is 23.1 Å². The third-order valence-electron chi connectivity index (χ3n) is 9.72. The van der Waals surface area contributed by atoms with Crippen LogP contribution in [0.4, 0.5) is 5.69 Å². The zero-order chi connectivity index (χ0) is 35.1. The molecule has 1 amide bonds. The van der Waals surface area contributed by atoms with Gasteiger partial charge in [-0.05, 0) is 124 Å². The van der Waals surface area contributed by atoms with Gasteiger partial charge in [-0.2, -0.15) is 0 Å². The molecular formula is C40H46ClN5O3S. The van der Waals surface area contributed by atoms with Crippen molar-refractivity contribution in [3.8, 4) is 11.5 Å². The van der Waals surface area contributed by atoms with Gasteiger partial charge in [0, 0.05) is 66.0 Å². The van der Waals surface area contributed by atoms with Crippen molar-refractivity contribution < 1.29 is 14.6 Å². The summed E-state index contributed by atoms with van der Waals surface area (Å²) in [6.45, 7) is 11.0. The number of anilines is 1. The van der Waals surface area contributed by atoms with Crippen LogP contribution in [0.5, 0.6) is 11.5 Å². The molecule has 0 radical (unpaired) electrons. The molecule has 8 nitrogen and oxygen atoms in total. The van der Waals surface area contributed by atoms with Crippen molar-refractivity contribution in [2.75, 3.05) is 37.6 Å². The van der Waals surface area contributed by atoms with Crippen molar-refractivity contribution in [1.82, 2.24) is 19.6 Å². The van der Waals surface area contributed by atoms with Gasteiger partial charge in [0.05, 0.1) is 17.4 Å². The Balaban J connectivity index is 0.000000552. The number of benzene rings is 3. The molecule has 1 aliphatic carbocycles. The maximum atomic E-state index is 13.4. The summed E-state index contributed by atoms with van der Waals surface area (Å²) in [5.74, 6) is 1.54. The number of halogens is 1. The first kappa shape index (κ1) is 35.8. The lowest BCUT2D eigenvalue weighted by atomic mass is 9.80. The third kappa shape index (κ3) is 9.60. The third-order valence-corrected chi connectivity index (χ3v) is 10.8. The van der Waals surface area contributed by atoms with Gasteiger partial charge < -0.3 is 19.7 Å². The molecule has 3 N–H and O–H groups in total. The van der Waals surface area contributed by atoms with Crippen molar-refractivity contribution in [3.63, 3.8) is 0 Å². The Hall–Kier alpha value is -4.02. The van der Waals surface area contributed by atoms with Crippen LogP contribution < -0.4 is 14.4 Å². The monoisotopic (exact) mass is 711 g/mol. The standard InChI is InChI=1S/C34H41N5O3S.C6H5Cl/c1-23-4-6-29(18-24(23)2)43-37-33(40)30-7-5-27(20-31(30)42-28-19-26-10-13-35-32(26)36-21-28)39-16-14-38(15-17-39)22-25-8-11-34(3,41)12-9-25;7-6-4-2-1-3-5-6/h4-7,10,13,18-21,25,41H,8-9,11-12,14-17,22H2,1-3H3,(H,35,36)(H,37,40);1-5H. The van der Waals surface area contributed by atoms with Gasteiger partial charge in [0.25, 0.3) is 5.91 Å². The van der Waals surface area contributed by atoms with Gasteiger partial charge in [-0.25, -0.2) is 4.98 Å². The number of nitrogens with one attached hydrogen (secondary N) is 2. The quantitative estimate of drug-likeness (QED) is 0.139. The highest BCUT2D eigenvalue weighted by Crippen LogP contribution is 2.34. The Bertz CT molecular complexity index is 1880. The van der Waals surface area contributed by atoms with Gasteiger partial charge in [0.1, 0.15) is 17.1 Å². The number of piperazine rings is 1. The molecule has 0 bridgehead atoms. The van der Waals surface area contributed by atoms with Crippen LogP contribution >= 0.6 is 23.5 Å². The fourth-order valence-corrected chi connectivity index (χ4v) is 7.31. The minimum atomic E-state index is -0.486. The lowest BCUT2D eigenvalue weighted by molar-refractivity contribution is 0.00264. The van der Waals surface area contributed by atoms with Gasteiger partial charge in [0.2, 0.25) is 0 Å². The zero-order valence-corrected chi connectivity index (χ0v) is 30.6. The second kappa shape index (κ2) is 16.3. The Morgan fingerprint density at radius 1 is 1.00 bits per heavy atom. The predicted molar refractivity (Wildman–Crippen MR) is 205 cm³/mol. The first-order valence-corrected chi connectivity index (χ1v) is 18.5. The number of ether oxygens (including phenoxy) is 1. The maximum absolute atomic E-state index is 13.4. The summed E-state index contributed by atoms with van der Waals surface area (Å²) >= 11 is 6.85. The van der Waals surface area contributed by atoms with Crippen molar-refractivity contribution in [1.29, 1.82) is 0 Å². The van der Waals surface area contributed by atoms with Gasteiger partial charge in [-0.3, -0.25) is 14.4 Å². The highest BCUT2D eigenvalue weighted by atomic mass is 35.5. The molecule has 262 valence electrons. The molecule has 7 rings (SSSR count). The fraction of sp³-hybridized carbons (Fsp3) is 0.350. The van der Waals surface area contributed by atoms with E-state index < -0.39 is 5.60 Å². The number of rotatable bonds is 8. The summed E-state index contributed by atoms with van der Waals surface area (Å²) in [5, 5.41) is 12.0. The number of amides is 1. The van der Waals surface area contributed by atoms with E-state index in [2.05, 4.69) is 50.5 Å². The number of aromatic amines is 1. The molecule has 0 spiro atoms. The van der Waals surface area contributed by atoms with Crippen molar-refractivity contribution in [2.45, 2.75) is 57.0 Å². The summed E-state index contributed by atoms with van der Waals surface area (Å²) in [4.78, 5) is 26.9. The SMILES string of the molecule is Cc1ccc(SNC(=O)c2ccc(N3CCN(CC4CCC(C)(O)CC4)CC3)cc2Oc2cnc3[nH]ccc3c2)cc1C.Clc1ccccc1. The van der Waals surface area contributed by atoms with Crippen LogP contribution in [-0.2, 0) is 0 Å². The molecule has 2 aromatic heterocycles. The van der Waals surface area contributed by atoms with Crippen molar-refractivity contribution >= 4 is 46.2 Å². The molecule has 5 aromatic rings. The molecule has 2 aliphatic rings. The first-order valence-electron chi connectivity index (χ1n) is 17.3. The van der Waals surface area contributed by atoms with Gasteiger partial charge in [-0.15, -0.1) is 0 Å². The van der Waals surface area contributed by atoms with Gasteiger partial charge >= 0.3 is 0 Å². The molecule has 1 saturated carbocycles. The second-order valence-corrected chi connectivity index (χ2v) is 15.0. The first-order chi connectivity index (χ1) is 24.1. The Labute approximate surface area is 304 Å². The van der Waals surface area contributed by atoms with Crippen LogP contribution in [0.25, 0.3) is 11.0 Å². The molecule has 0 atom stereocenters. The molecule has 1 aliphatic heterocycles. The fourth-order valence-electron chi connectivity index (χ4n) is 6.47. The smallest absolute Gasteiger partial charge is 0.265 e. The topological polar surface area (TPSA) is 93.7 Å². The number of hydrogen-bond acceptors (Lipinski definition) is 7. The number of aromatic nitrogens is 2. The molecule has 10 heteroatoms. The van der Waals surface area contributed by atoms with Crippen LogP contribution in [0.3, 0.4) is 0 Å². The normalized spacial score (nSPS) is 19.5. The number of aliphatic hydroxyl groups is 1. The van der Waals surface area contributed by atoms with E-state index in [4.69, 9.17) is 16.3 Å². The maximum Gasteiger partial charge on any atom is 0.265 e. The van der Waals surface area contributed by atoms with Crippen LogP contribution in [0.1, 0.15) is 54.1 Å². The molecular weight excluding hydrogens is 666 g/mol. The number of pyridine rings is 1. The summed E-state index contributed by atoms with van der Waals surface area (Å²) in [6, 6.07) is 25.4. The number of hydrogen-bond donors (Lipinski definition) is 3. The second-order valence-electron chi connectivity index (χ2n) is 13.7. The molecule has 1 saturated heterocycles. The number of carbonyl (C=O) groups is 1. The average Bonchev–Trinajstić information content (AvgIpc) is 3.59. The molecule has 0 unspecified atom stereocenters. The van der Waals surface area contributed by atoms with Crippen LogP contribution in [0.2, 0.25) is 5.02 Å². The number of fused-ring (bicyclic) bond motifs is 1. The van der Waals surface area contributed by atoms with E-state index in [0.29, 0.717) is 23.0 Å². The lowest BCUT2D eigenvalue weighted by Gasteiger charge is -2.40. The van der Waals surface area contributed by atoms with Gasteiger partial charge in [0.15, 0.2) is 0 Å². The Morgan fingerprint density at radius 3 is 2.46 bits per heavy atom. The van der Waals surface area contributed by atoms with Crippen LogP contribution in [0, 0.1) is 19.8 Å². The Morgan fingerprint density at radius 2 is 1.76 bits per heavy atom. The molecule has 2 fully saturated rings. The van der Waals surface area contributed by atoms with E-state index in [9.17, 15) is 9.90 Å². The van der Waals surface area contributed by atoms with Crippen LogP contribution in [0.15, 0.2) is 96.2 Å². The Kier molecular flexibility index (Phi) is 11.7. The molecule has 3 heterocycles. The zero-order valence-electron chi connectivity index (χ0n) is 29.0. The van der Waals surface area contributed by atoms with E-state index >= 15 is 0 Å². The summed E-state index contributed by atoms with van der Waals surface area (Å²) < 4.78 is 9.36. The highest BCUT2D eigenvalue weighted by molar-refractivity contribution is 7.98. The minimum Gasteiger partial charge on any atom is -0.455 e. The van der Waals surface area contributed by atoms with Crippen molar-refractivity contribution in [2.24, 2.45) is 5.92 Å². The summed E-state index contributed by atoms with van der Waals surface area (Å²) in [5.41, 5.74) is 4.23. The van der Waals surface area contributed by atoms with Crippen molar-refractivity contribution in [3.05, 3.63) is 113 Å². The largest absolute Gasteiger partial charge is 0.455 e. The predicted octanol–water partition coefficient (Wildman–Crippen LogP) is 8.81. The molecule has 50 heavy (non-hydrogen) atoms. The lowest BCUT2D eigenvalue weighted by Crippen LogP contribution is -2.48. The molecule has 3 aromatic carbocycles. The number of carbonyl (C=O) groups excluding carboxylic acids is 1. The number of aryl methyl sites for hydroxylation is 2. The average molecular weight is 712 g/mol. The highest BCUT2D eigenvalue weighted by Gasteiger charge is 2.30. The number of nitrogens with zero attached hydrogens (tertiary/aromatic N) is 3. The number of H-pyrrole nitrogens is 1. The minimum absolute atomic E-state index is 0.211. The van der Waals surface area contributed by atoms with E-state index in [0.717, 1.165) is 85.0 Å². The van der Waals surface area contributed by atoms with Crippen LogP contribution in [-0.4, -0.2) is 64.2 Å². The van der Waals surface area contributed by atoms with Gasteiger partial charge in [-0.1, -0.05) is 35.9 Å².